The number of hydrogen-bond donors (Lipinski definition) is 0. The first-order chi connectivity index (χ1) is 16.3. The summed E-state index contributed by atoms with van der Waals surface area (Å²) in [6.45, 7) is 0.724. The maximum atomic E-state index is 14.1. The van der Waals surface area contributed by atoms with Crippen molar-refractivity contribution in [3.05, 3.63) is 71.0 Å². The Bertz CT molecular complexity index is 1360. The van der Waals surface area contributed by atoms with Gasteiger partial charge in [-0.2, -0.15) is 18.3 Å². The Morgan fingerprint density at radius 1 is 1.14 bits per heavy atom. The molecule has 1 heterocycles. The second-order valence-corrected chi connectivity index (χ2v) is 9.71. The Hall–Kier alpha value is -3.38. The van der Waals surface area contributed by atoms with Gasteiger partial charge in [-0.1, -0.05) is 17.7 Å². The molecule has 0 bridgehead atoms. The van der Waals surface area contributed by atoms with Crippen LogP contribution in [0.5, 0.6) is 0 Å². The Kier molecular flexibility index (Phi) is 7.56. The molecular weight excluding hydrogens is 511 g/mol. The quantitative estimate of drug-likeness (QED) is 0.426. The molecular formula is C22H19ClF3N3O5S. The summed E-state index contributed by atoms with van der Waals surface area (Å²) in [5, 5.41) is 4.03. The van der Waals surface area contributed by atoms with Crippen molar-refractivity contribution >= 4 is 39.0 Å². The Labute approximate surface area is 203 Å². The normalized spacial score (nSPS) is 11.8. The number of ether oxygens (including phenoxy) is 1. The first-order valence-electron chi connectivity index (χ1n) is 10.0. The molecule has 0 saturated heterocycles. The van der Waals surface area contributed by atoms with Gasteiger partial charge in [-0.15, -0.1) is 0 Å². The summed E-state index contributed by atoms with van der Waals surface area (Å²) in [6.07, 6.45) is -3.34. The molecule has 0 saturated carbocycles. The summed E-state index contributed by atoms with van der Waals surface area (Å²) in [7, 11) is -3.72. The van der Waals surface area contributed by atoms with E-state index in [-0.39, 0.29) is 27.9 Å². The van der Waals surface area contributed by atoms with Crippen LogP contribution >= 0.6 is 11.6 Å². The second-order valence-electron chi connectivity index (χ2n) is 7.26. The molecule has 1 amide bonds. The van der Waals surface area contributed by atoms with Crippen LogP contribution in [0.3, 0.4) is 0 Å². The lowest BCUT2D eigenvalue weighted by molar-refractivity contribution is -0.143. The number of hydrogen-bond acceptors (Lipinski definition) is 6. The summed E-state index contributed by atoms with van der Waals surface area (Å²) in [5.41, 5.74) is -2.34. The average molecular weight is 530 g/mol. The van der Waals surface area contributed by atoms with E-state index in [1.165, 1.54) is 49.4 Å². The smallest absolute Gasteiger partial charge is 0.434 e. The zero-order valence-corrected chi connectivity index (χ0v) is 20.0. The molecule has 0 aliphatic heterocycles. The minimum atomic E-state index is -5.01. The Morgan fingerprint density at radius 3 is 2.37 bits per heavy atom. The topological polar surface area (TPSA) is 98.6 Å². The van der Waals surface area contributed by atoms with E-state index < -0.39 is 45.7 Å². The van der Waals surface area contributed by atoms with Crippen LogP contribution in [0, 0.1) is 0 Å². The highest BCUT2D eigenvalue weighted by Gasteiger charge is 2.42. The van der Waals surface area contributed by atoms with Crippen LogP contribution < -0.4 is 4.90 Å². The SMILES string of the molecule is CCOC(=O)CN(C(=O)c1cnn(-c2ccc(Cl)cc2)c1C(F)(F)F)c1cccc(S(C)(=O)=O)c1. The Morgan fingerprint density at radius 2 is 1.80 bits per heavy atom. The van der Waals surface area contributed by atoms with Crippen LogP contribution in [0.1, 0.15) is 23.0 Å². The highest BCUT2D eigenvalue weighted by molar-refractivity contribution is 7.90. The molecule has 186 valence electrons. The molecule has 0 unspecified atom stereocenters. The summed E-state index contributed by atoms with van der Waals surface area (Å²) in [4.78, 5) is 26.1. The average Bonchev–Trinajstić information content (AvgIpc) is 3.23. The van der Waals surface area contributed by atoms with Gasteiger partial charge in [-0.3, -0.25) is 14.5 Å². The van der Waals surface area contributed by atoms with Gasteiger partial charge in [-0.05, 0) is 49.4 Å². The standard InChI is InChI=1S/C22H19ClF3N3O5S/c1-3-34-19(30)13-28(16-5-4-6-17(11-16)35(2,32)33)21(31)18-12-27-29(20(18)22(24,25)26)15-9-7-14(23)8-10-15/h4-12H,3,13H2,1-2H3. The number of halogens is 4. The van der Waals surface area contributed by atoms with Crippen LogP contribution in [0.15, 0.2) is 59.6 Å². The van der Waals surface area contributed by atoms with E-state index >= 15 is 0 Å². The van der Waals surface area contributed by atoms with Gasteiger partial charge in [0.05, 0.1) is 29.0 Å². The van der Waals surface area contributed by atoms with E-state index in [2.05, 4.69) is 5.10 Å². The maximum Gasteiger partial charge on any atom is 0.434 e. The number of aromatic nitrogens is 2. The number of rotatable bonds is 7. The Balaban J connectivity index is 2.16. The van der Waals surface area contributed by atoms with Gasteiger partial charge in [0, 0.05) is 17.0 Å². The number of alkyl halides is 3. The van der Waals surface area contributed by atoms with E-state index in [4.69, 9.17) is 16.3 Å². The van der Waals surface area contributed by atoms with Gasteiger partial charge in [0.25, 0.3) is 5.91 Å². The molecule has 0 aliphatic carbocycles. The van der Waals surface area contributed by atoms with E-state index in [0.29, 0.717) is 9.58 Å². The summed E-state index contributed by atoms with van der Waals surface area (Å²) in [6, 6.07) is 10.3. The molecule has 13 heteroatoms. The molecule has 1 aromatic heterocycles. The van der Waals surface area contributed by atoms with Crippen molar-refractivity contribution in [2.45, 2.75) is 18.0 Å². The van der Waals surface area contributed by atoms with Crippen molar-refractivity contribution in [1.82, 2.24) is 9.78 Å². The lowest BCUT2D eigenvalue weighted by Gasteiger charge is -2.23. The van der Waals surface area contributed by atoms with Gasteiger partial charge in [0.15, 0.2) is 15.5 Å². The van der Waals surface area contributed by atoms with Gasteiger partial charge in [0.1, 0.15) is 6.54 Å². The number of carbonyl (C=O) groups excluding carboxylic acids is 2. The van der Waals surface area contributed by atoms with Crippen molar-refractivity contribution in [1.29, 1.82) is 0 Å². The van der Waals surface area contributed by atoms with Crippen LogP contribution in [0.4, 0.5) is 18.9 Å². The van der Waals surface area contributed by atoms with Crippen molar-refractivity contribution in [2.75, 3.05) is 24.3 Å². The number of carbonyl (C=O) groups is 2. The fourth-order valence-corrected chi connectivity index (χ4v) is 3.99. The molecule has 3 rings (SSSR count). The number of amides is 1. The fraction of sp³-hybridized carbons (Fsp3) is 0.227. The zero-order valence-electron chi connectivity index (χ0n) is 18.4. The maximum absolute atomic E-state index is 14.1. The van der Waals surface area contributed by atoms with Crippen LogP contribution in [-0.2, 0) is 25.5 Å². The number of nitrogens with zero attached hydrogens (tertiary/aromatic N) is 3. The lowest BCUT2D eigenvalue weighted by atomic mass is 10.1. The van der Waals surface area contributed by atoms with Crippen LogP contribution in [0.25, 0.3) is 5.69 Å². The molecule has 35 heavy (non-hydrogen) atoms. The number of anilines is 1. The molecule has 0 radical (unpaired) electrons. The monoisotopic (exact) mass is 529 g/mol. The molecule has 2 aromatic carbocycles. The largest absolute Gasteiger partial charge is 0.465 e. The summed E-state index contributed by atoms with van der Waals surface area (Å²) in [5.74, 6) is -2.12. The summed E-state index contributed by atoms with van der Waals surface area (Å²) < 4.78 is 71.7. The number of esters is 1. The van der Waals surface area contributed by atoms with Gasteiger partial charge < -0.3 is 4.74 Å². The predicted octanol–water partition coefficient (Wildman–Crippen LogP) is 4.16. The molecule has 0 N–H and O–H groups in total. The van der Waals surface area contributed by atoms with Gasteiger partial charge >= 0.3 is 12.1 Å². The van der Waals surface area contributed by atoms with Crippen molar-refractivity contribution in [3.63, 3.8) is 0 Å². The van der Waals surface area contributed by atoms with E-state index in [1.54, 1.807) is 0 Å². The fourth-order valence-electron chi connectivity index (χ4n) is 3.20. The molecule has 0 atom stereocenters. The highest BCUT2D eigenvalue weighted by Crippen LogP contribution is 2.35. The third-order valence-electron chi connectivity index (χ3n) is 4.73. The van der Waals surface area contributed by atoms with Crippen molar-refractivity contribution < 1.29 is 35.9 Å². The third-order valence-corrected chi connectivity index (χ3v) is 6.10. The zero-order chi connectivity index (χ0) is 26.0. The van der Waals surface area contributed by atoms with Crippen LogP contribution in [-0.4, -0.2) is 49.5 Å². The number of sulfone groups is 1. The molecule has 8 nitrogen and oxygen atoms in total. The molecule has 3 aromatic rings. The van der Waals surface area contributed by atoms with E-state index in [1.807, 2.05) is 0 Å². The minimum absolute atomic E-state index is 0.00297. The molecule has 0 aliphatic rings. The van der Waals surface area contributed by atoms with Gasteiger partial charge in [-0.25, -0.2) is 13.1 Å². The van der Waals surface area contributed by atoms with Crippen molar-refractivity contribution in [2.24, 2.45) is 0 Å². The highest BCUT2D eigenvalue weighted by atomic mass is 35.5. The first-order valence-corrected chi connectivity index (χ1v) is 12.3. The molecule has 0 spiro atoms. The molecule has 0 fully saturated rings. The van der Waals surface area contributed by atoms with E-state index in [9.17, 15) is 31.2 Å². The third kappa shape index (κ3) is 6.01. The lowest BCUT2D eigenvalue weighted by Crippen LogP contribution is -2.37. The van der Waals surface area contributed by atoms with Crippen molar-refractivity contribution in [3.8, 4) is 5.69 Å². The van der Waals surface area contributed by atoms with Crippen LogP contribution in [0.2, 0.25) is 5.02 Å². The summed E-state index contributed by atoms with van der Waals surface area (Å²) >= 11 is 5.81. The minimum Gasteiger partial charge on any atom is -0.465 e. The second kappa shape index (κ2) is 10.1. The van der Waals surface area contributed by atoms with Gasteiger partial charge in [0.2, 0.25) is 0 Å². The number of benzene rings is 2. The van der Waals surface area contributed by atoms with E-state index in [0.717, 1.165) is 18.5 Å². The first kappa shape index (κ1) is 26.2. The predicted molar refractivity (Wildman–Crippen MR) is 121 cm³/mol.